The van der Waals surface area contributed by atoms with Gasteiger partial charge in [-0.15, -0.1) is 11.3 Å². The summed E-state index contributed by atoms with van der Waals surface area (Å²) in [6, 6.07) is 5.28. The maximum atomic E-state index is 12.5. The molecule has 0 bridgehead atoms. The van der Waals surface area contributed by atoms with Crippen LogP contribution in [0.25, 0.3) is 0 Å². The third-order valence-corrected chi connectivity index (χ3v) is 3.98. The SMILES string of the molecule is Cc1nccc(NC(=O)c2nc(C)sc2Nc2cncc(C#N)c2)n1. The number of amides is 1. The Morgan fingerprint density at radius 1 is 1.28 bits per heavy atom. The summed E-state index contributed by atoms with van der Waals surface area (Å²) in [5.74, 6) is 0.585. The van der Waals surface area contributed by atoms with Crippen molar-refractivity contribution in [1.82, 2.24) is 19.9 Å². The van der Waals surface area contributed by atoms with Crippen molar-refractivity contribution < 1.29 is 4.79 Å². The molecule has 0 aliphatic carbocycles. The van der Waals surface area contributed by atoms with Crippen LogP contribution in [0.1, 0.15) is 26.9 Å². The molecule has 0 unspecified atom stereocenters. The van der Waals surface area contributed by atoms with Crippen molar-refractivity contribution >= 4 is 33.8 Å². The molecule has 3 heterocycles. The summed E-state index contributed by atoms with van der Waals surface area (Å²) < 4.78 is 0. The van der Waals surface area contributed by atoms with Crippen molar-refractivity contribution in [3.63, 3.8) is 0 Å². The van der Waals surface area contributed by atoms with Crippen LogP contribution in [-0.4, -0.2) is 25.8 Å². The molecule has 0 aromatic carbocycles. The summed E-state index contributed by atoms with van der Waals surface area (Å²) in [4.78, 5) is 29.0. The monoisotopic (exact) mass is 351 g/mol. The first kappa shape index (κ1) is 16.5. The van der Waals surface area contributed by atoms with Crippen LogP contribution in [0.2, 0.25) is 0 Å². The zero-order chi connectivity index (χ0) is 17.8. The van der Waals surface area contributed by atoms with E-state index in [1.807, 2.05) is 13.0 Å². The minimum atomic E-state index is -0.380. The molecule has 9 heteroatoms. The molecule has 0 atom stereocenters. The highest BCUT2D eigenvalue weighted by atomic mass is 32.1. The Bertz CT molecular complexity index is 977. The molecule has 0 aliphatic heterocycles. The molecule has 2 N–H and O–H groups in total. The largest absolute Gasteiger partial charge is 0.344 e. The van der Waals surface area contributed by atoms with Crippen LogP contribution >= 0.6 is 11.3 Å². The van der Waals surface area contributed by atoms with E-state index >= 15 is 0 Å². The molecule has 3 rings (SSSR count). The van der Waals surface area contributed by atoms with E-state index < -0.39 is 0 Å². The van der Waals surface area contributed by atoms with E-state index in [0.29, 0.717) is 27.9 Å². The predicted octanol–water partition coefficient (Wildman–Crippen LogP) is 2.81. The molecule has 0 aliphatic rings. The van der Waals surface area contributed by atoms with Crippen molar-refractivity contribution in [3.8, 4) is 6.07 Å². The highest BCUT2D eigenvalue weighted by molar-refractivity contribution is 7.16. The number of thiazole rings is 1. The van der Waals surface area contributed by atoms with Gasteiger partial charge in [-0.25, -0.2) is 15.0 Å². The molecular formula is C16H13N7OS. The van der Waals surface area contributed by atoms with Crippen LogP contribution in [0.15, 0.2) is 30.7 Å². The molecule has 0 saturated carbocycles. The molecule has 0 saturated heterocycles. The minimum absolute atomic E-state index is 0.251. The second kappa shape index (κ2) is 7.02. The van der Waals surface area contributed by atoms with Crippen molar-refractivity contribution in [2.24, 2.45) is 0 Å². The van der Waals surface area contributed by atoms with Gasteiger partial charge in [0.05, 0.1) is 22.5 Å². The summed E-state index contributed by atoms with van der Waals surface area (Å²) in [5.41, 5.74) is 1.28. The number of nitrogens with zero attached hydrogens (tertiary/aromatic N) is 5. The lowest BCUT2D eigenvalue weighted by atomic mass is 10.3. The van der Waals surface area contributed by atoms with Crippen molar-refractivity contribution in [2.75, 3.05) is 10.6 Å². The Hall–Kier alpha value is -3.38. The lowest BCUT2D eigenvalue weighted by Crippen LogP contribution is -2.15. The van der Waals surface area contributed by atoms with Crippen LogP contribution in [0, 0.1) is 25.2 Å². The highest BCUT2D eigenvalue weighted by Crippen LogP contribution is 2.28. The van der Waals surface area contributed by atoms with Gasteiger partial charge in [0.15, 0.2) is 5.69 Å². The zero-order valence-electron chi connectivity index (χ0n) is 13.4. The Labute approximate surface area is 147 Å². The van der Waals surface area contributed by atoms with E-state index in [1.165, 1.54) is 17.5 Å². The van der Waals surface area contributed by atoms with Gasteiger partial charge in [0.25, 0.3) is 5.91 Å². The fourth-order valence-corrected chi connectivity index (χ4v) is 2.90. The van der Waals surface area contributed by atoms with Gasteiger partial charge >= 0.3 is 0 Å². The Kier molecular flexibility index (Phi) is 4.63. The number of anilines is 3. The summed E-state index contributed by atoms with van der Waals surface area (Å²) in [7, 11) is 0. The van der Waals surface area contributed by atoms with E-state index in [4.69, 9.17) is 5.26 Å². The second-order valence-corrected chi connectivity index (χ2v) is 6.26. The maximum absolute atomic E-state index is 12.5. The van der Waals surface area contributed by atoms with E-state index in [2.05, 4.69) is 30.6 Å². The third kappa shape index (κ3) is 3.94. The molecule has 0 radical (unpaired) electrons. The van der Waals surface area contributed by atoms with Gasteiger partial charge in [-0.2, -0.15) is 5.26 Å². The number of hydrogen-bond donors (Lipinski definition) is 2. The normalized spacial score (nSPS) is 10.1. The van der Waals surface area contributed by atoms with Crippen LogP contribution in [0.3, 0.4) is 0 Å². The van der Waals surface area contributed by atoms with Gasteiger partial charge in [0, 0.05) is 12.4 Å². The lowest BCUT2D eigenvalue weighted by Gasteiger charge is -2.07. The van der Waals surface area contributed by atoms with Crippen molar-refractivity contribution in [3.05, 3.63) is 52.8 Å². The lowest BCUT2D eigenvalue weighted by molar-refractivity contribution is 0.102. The first-order chi connectivity index (χ1) is 12.0. The number of rotatable bonds is 4. The second-order valence-electron chi connectivity index (χ2n) is 5.05. The van der Waals surface area contributed by atoms with Crippen LogP contribution in [0.4, 0.5) is 16.5 Å². The highest BCUT2D eigenvalue weighted by Gasteiger charge is 2.18. The van der Waals surface area contributed by atoms with Gasteiger partial charge in [-0.1, -0.05) is 0 Å². The smallest absolute Gasteiger partial charge is 0.278 e. The number of carbonyl (C=O) groups excluding carboxylic acids is 1. The average Bonchev–Trinajstić information content (AvgIpc) is 2.95. The topological polar surface area (TPSA) is 116 Å². The van der Waals surface area contributed by atoms with E-state index in [1.54, 1.807) is 31.5 Å². The first-order valence-electron chi connectivity index (χ1n) is 7.26. The van der Waals surface area contributed by atoms with E-state index in [9.17, 15) is 4.79 Å². The molecular weight excluding hydrogens is 338 g/mol. The average molecular weight is 351 g/mol. The third-order valence-electron chi connectivity index (χ3n) is 3.09. The Morgan fingerprint density at radius 3 is 2.88 bits per heavy atom. The van der Waals surface area contributed by atoms with E-state index in [0.717, 1.165) is 5.01 Å². The Balaban J connectivity index is 1.85. The molecule has 0 fully saturated rings. The summed E-state index contributed by atoms with van der Waals surface area (Å²) >= 11 is 1.34. The fourth-order valence-electron chi connectivity index (χ4n) is 2.07. The maximum Gasteiger partial charge on any atom is 0.278 e. The molecule has 1 amide bonds. The predicted molar refractivity (Wildman–Crippen MR) is 93.8 cm³/mol. The van der Waals surface area contributed by atoms with Gasteiger partial charge in [0.2, 0.25) is 0 Å². The van der Waals surface area contributed by atoms with E-state index in [-0.39, 0.29) is 11.6 Å². The molecule has 25 heavy (non-hydrogen) atoms. The van der Waals surface area contributed by atoms with Crippen LogP contribution in [0.5, 0.6) is 0 Å². The van der Waals surface area contributed by atoms with Crippen LogP contribution < -0.4 is 10.6 Å². The Morgan fingerprint density at radius 2 is 2.12 bits per heavy atom. The van der Waals surface area contributed by atoms with Crippen LogP contribution in [-0.2, 0) is 0 Å². The summed E-state index contributed by atoms with van der Waals surface area (Å²) in [6.07, 6.45) is 4.61. The number of pyridine rings is 1. The zero-order valence-corrected chi connectivity index (χ0v) is 14.3. The molecule has 8 nitrogen and oxygen atoms in total. The summed E-state index contributed by atoms with van der Waals surface area (Å²) in [5, 5.41) is 16.1. The number of hydrogen-bond acceptors (Lipinski definition) is 8. The van der Waals surface area contributed by atoms with Gasteiger partial charge in [-0.05, 0) is 26.0 Å². The fraction of sp³-hybridized carbons (Fsp3) is 0.125. The van der Waals surface area contributed by atoms with Gasteiger partial charge < -0.3 is 10.6 Å². The number of aryl methyl sites for hydroxylation is 2. The minimum Gasteiger partial charge on any atom is -0.344 e. The standard InChI is InChI=1S/C16H13N7OS/c1-9-19-4-3-13(20-9)23-15(24)14-16(25-10(2)21-14)22-12-5-11(6-17)7-18-8-12/h3-5,7-8,22H,1-2H3,(H,19,20,23,24). The van der Waals surface area contributed by atoms with Crippen molar-refractivity contribution in [1.29, 1.82) is 5.26 Å². The quantitative estimate of drug-likeness (QED) is 0.742. The number of nitrogens with one attached hydrogen (secondary N) is 2. The number of nitriles is 1. The number of aromatic nitrogens is 4. The molecule has 124 valence electrons. The molecule has 3 aromatic rings. The first-order valence-corrected chi connectivity index (χ1v) is 8.07. The number of carbonyl (C=O) groups is 1. The van der Waals surface area contributed by atoms with Gasteiger partial charge in [-0.3, -0.25) is 9.78 Å². The van der Waals surface area contributed by atoms with Crippen molar-refractivity contribution in [2.45, 2.75) is 13.8 Å². The summed E-state index contributed by atoms with van der Waals surface area (Å²) in [6.45, 7) is 3.55. The molecule has 0 spiro atoms. The van der Waals surface area contributed by atoms with Gasteiger partial charge in [0.1, 0.15) is 22.7 Å². The molecule has 3 aromatic heterocycles.